The second kappa shape index (κ2) is 6.38. The molecule has 0 aliphatic heterocycles. The molecule has 2 aromatic rings. The summed E-state index contributed by atoms with van der Waals surface area (Å²) < 4.78 is 33.1. The summed E-state index contributed by atoms with van der Waals surface area (Å²) in [6.07, 6.45) is 2.92. The molecule has 0 saturated heterocycles. The van der Waals surface area contributed by atoms with Crippen LogP contribution in [0.2, 0.25) is 0 Å². The predicted molar refractivity (Wildman–Crippen MR) is 70.5 cm³/mol. The summed E-state index contributed by atoms with van der Waals surface area (Å²) in [5, 5.41) is 3.01. The lowest BCUT2D eigenvalue weighted by Crippen LogP contribution is -2.25. The maximum absolute atomic E-state index is 14.0. The Labute approximate surface area is 115 Å². The SMILES string of the molecule is CCNC(c1nccnc1OC)c1c(F)cccc1F. The maximum atomic E-state index is 14.0. The number of methoxy groups -OCH3 is 1. The molecule has 1 aromatic heterocycles. The third-order valence-corrected chi connectivity index (χ3v) is 2.85. The molecule has 4 nitrogen and oxygen atoms in total. The summed E-state index contributed by atoms with van der Waals surface area (Å²) in [6.45, 7) is 2.35. The molecule has 0 spiro atoms. The van der Waals surface area contributed by atoms with Gasteiger partial charge in [-0.05, 0) is 18.7 Å². The summed E-state index contributed by atoms with van der Waals surface area (Å²) in [4.78, 5) is 8.16. The summed E-state index contributed by atoms with van der Waals surface area (Å²) in [6, 6.07) is 2.99. The van der Waals surface area contributed by atoms with Gasteiger partial charge in [0, 0.05) is 18.0 Å². The lowest BCUT2D eigenvalue weighted by atomic mass is 10.0. The Morgan fingerprint density at radius 3 is 2.45 bits per heavy atom. The van der Waals surface area contributed by atoms with Gasteiger partial charge in [0.05, 0.1) is 13.2 Å². The molecule has 0 fully saturated rings. The number of hydrogen-bond donors (Lipinski definition) is 1. The Morgan fingerprint density at radius 2 is 1.85 bits per heavy atom. The Bertz CT molecular complexity index is 572. The van der Waals surface area contributed by atoms with Gasteiger partial charge >= 0.3 is 0 Å². The van der Waals surface area contributed by atoms with Crippen LogP contribution in [0.4, 0.5) is 8.78 Å². The van der Waals surface area contributed by atoms with E-state index in [9.17, 15) is 8.78 Å². The van der Waals surface area contributed by atoms with Gasteiger partial charge in [-0.25, -0.2) is 13.8 Å². The predicted octanol–water partition coefficient (Wildman–Crippen LogP) is 2.46. The van der Waals surface area contributed by atoms with Crippen LogP contribution in [0.1, 0.15) is 24.2 Å². The molecular weight excluding hydrogens is 264 g/mol. The molecule has 0 radical (unpaired) electrons. The van der Waals surface area contributed by atoms with Gasteiger partial charge in [-0.3, -0.25) is 4.98 Å². The van der Waals surface area contributed by atoms with E-state index in [1.807, 2.05) is 6.92 Å². The Hall–Kier alpha value is -2.08. The van der Waals surface area contributed by atoms with Crippen molar-refractivity contribution < 1.29 is 13.5 Å². The molecule has 0 bridgehead atoms. The molecule has 1 heterocycles. The molecule has 0 aliphatic carbocycles. The highest BCUT2D eigenvalue weighted by Gasteiger charge is 2.25. The van der Waals surface area contributed by atoms with Crippen LogP contribution in [0, 0.1) is 11.6 Å². The number of nitrogens with zero attached hydrogens (tertiary/aromatic N) is 2. The third kappa shape index (κ3) is 2.75. The lowest BCUT2D eigenvalue weighted by molar-refractivity contribution is 0.380. The van der Waals surface area contributed by atoms with Gasteiger partial charge in [0.25, 0.3) is 0 Å². The van der Waals surface area contributed by atoms with Crippen molar-refractivity contribution in [2.45, 2.75) is 13.0 Å². The average molecular weight is 279 g/mol. The van der Waals surface area contributed by atoms with Crippen LogP contribution in [0.5, 0.6) is 5.88 Å². The number of nitrogens with one attached hydrogen (secondary N) is 1. The zero-order chi connectivity index (χ0) is 14.5. The smallest absolute Gasteiger partial charge is 0.237 e. The van der Waals surface area contributed by atoms with Crippen LogP contribution in [0.15, 0.2) is 30.6 Å². The molecular formula is C14H15F2N3O. The van der Waals surface area contributed by atoms with Crippen molar-refractivity contribution in [2.75, 3.05) is 13.7 Å². The molecule has 106 valence electrons. The van der Waals surface area contributed by atoms with Crippen molar-refractivity contribution in [1.82, 2.24) is 15.3 Å². The van der Waals surface area contributed by atoms with Gasteiger partial charge in [0.2, 0.25) is 5.88 Å². The quantitative estimate of drug-likeness (QED) is 0.913. The molecule has 0 saturated carbocycles. The van der Waals surface area contributed by atoms with Crippen LogP contribution >= 0.6 is 0 Å². The first-order valence-corrected chi connectivity index (χ1v) is 6.21. The number of hydrogen-bond acceptors (Lipinski definition) is 4. The minimum atomic E-state index is -0.759. The van der Waals surface area contributed by atoms with Crippen LogP contribution in [-0.4, -0.2) is 23.6 Å². The molecule has 6 heteroatoms. The molecule has 0 amide bonds. The van der Waals surface area contributed by atoms with E-state index in [1.165, 1.54) is 37.7 Å². The van der Waals surface area contributed by atoms with Gasteiger partial charge in [-0.2, -0.15) is 0 Å². The van der Waals surface area contributed by atoms with Crippen molar-refractivity contribution in [3.8, 4) is 5.88 Å². The van der Waals surface area contributed by atoms with Crippen molar-refractivity contribution in [1.29, 1.82) is 0 Å². The van der Waals surface area contributed by atoms with Crippen molar-refractivity contribution in [2.24, 2.45) is 0 Å². The molecule has 1 aromatic carbocycles. The highest BCUT2D eigenvalue weighted by Crippen LogP contribution is 2.29. The highest BCUT2D eigenvalue weighted by molar-refractivity contribution is 5.34. The lowest BCUT2D eigenvalue weighted by Gasteiger charge is -2.20. The van der Waals surface area contributed by atoms with E-state index in [-0.39, 0.29) is 11.4 Å². The first-order valence-electron chi connectivity index (χ1n) is 6.21. The fourth-order valence-corrected chi connectivity index (χ4v) is 2.02. The monoisotopic (exact) mass is 279 g/mol. The molecule has 2 rings (SSSR count). The van der Waals surface area contributed by atoms with Crippen molar-refractivity contribution in [3.05, 3.63) is 53.5 Å². The summed E-state index contributed by atoms with van der Waals surface area (Å²) in [5.41, 5.74) is 0.258. The summed E-state index contributed by atoms with van der Waals surface area (Å²) in [5.74, 6) is -1.03. The normalized spacial score (nSPS) is 12.2. The number of aromatic nitrogens is 2. The van der Waals surface area contributed by atoms with E-state index in [4.69, 9.17) is 4.74 Å². The first kappa shape index (κ1) is 14.3. The van der Waals surface area contributed by atoms with Crippen molar-refractivity contribution >= 4 is 0 Å². The highest BCUT2D eigenvalue weighted by atomic mass is 19.1. The van der Waals surface area contributed by atoms with Crippen molar-refractivity contribution in [3.63, 3.8) is 0 Å². The van der Waals surface area contributed by atoms with E-state index < -0.39 is 17.7 Å². The first-order chi connectivity index (χ1) is 9.69. The topological polar surface area (TPSA) is 47.0 Å². The van der Waals surface area contributed by atoms with Crippen LogP contribution in [0.3, 0.4) is 0 Å². The van der Waals surface area contributed by atoms with E-state index in [1.54, 1.807) is 0 Å². The Balaban J connectivity index is 2.56. The summed E-state index contributed by atoms with van der Waals surface area (Å²) >= 11 is 0. The Morgan fingerprint density at radius 1 is 1.20 bits per heavy atom. The fraction of sp³-hybridized carbons (Fsp3) is 0.286. The number of ether oxygens (including phenoxy) is 1. The third-order valence-electron chi connectivity index (χ3n) is 2.85. The maximum Gasteiger partial charge on any atom is 0.237 e. The van der Waals surface area contributed by atoms with E-state index in [0.717, 1.165) is 0 Å². The molecule has 1 unspecified atom stereocenters. The van der Waals surface area contributed by atoms with Gasteiger partial charge < -0.3 is 10.1 Å². The largest absolute Gasteiger partial charge is 0.480 e. The van der Waals surface area contributed by atoms with E-state index in [0.29, 0.717) is 12.2 Å². The molecule has 1 N–H and O–H groups in total. The van der Waals surface area contributed by atoms with Gasteiger partial charge in [0.1, 0.15) is 17.3 Å². The standard InChI is InChI=1S/C14H15F2N3O/c1-3-17-12(11-9(15)5-4-6-10(11)16)13-14(20-2)19-8-7-18-13/h4-8,12,17H,3H2,1-2H3. The van der Waals surface area contributed by atoms with Gasteiger partial charge in [-0.1, -0.05) is 13.0 Å². The molecule has 20 heavy (non-hydrogen) atoms. The minimum Gasteiger partial charge on any atom is -0.480 e. The van der Waals surface area contributed by atoms with Crippen LogP contribution in [0.25, 0.3) is 0 Å². The molecule has 0 aliphatic rings. The average Bonchev–Trinajstić information content (AvgIpc) is 2.46. The molecule has 1 atom stereocenters. The van der Waals surface area contributed by atoms with Crippen LogP contribution < -0.4 is 10.1 Å². The van der Waals surface area contributed by atoms with Crippen LogP contribution in [-0.2, 0) is 0 Å². The fourth-order valence-electron chi connectivity index (χ4n) is 2.02. The zero-order valence-electron chi connectivity index (χ0n) is 11.2. The van der Waals surface area contributed by atoms with E-state index >= 15 is 0 Å². The number of halogens is 2. The second-order valence-corrected chi connectivity index (χ2v) is 4.08. The summed E-state index contributed by atoms with van der Waals surface area (Å²) in [7, 11) is 1.44. The number of rotatable bonds is 5. The van der Waals surface area contributed by atoms with Gasteiger partial charge in [0.15, 0.2) is 0 Å². The number of benzene rings is 1. The van der Waals surface area contributed by atoms with E-state index in [2.05, 4.69) is 15.3 Å². The zero-order valence-corrected chi connectivity index (χ0v) is 11.2. The van der Waals surface area contributed by atoms with Gasteiger partial charge in [-0.15, -0.1) is 0 Å². The minimum absolute atomic E-state index is 0.0897. The second-order valence-electron chi connectivity index (χ2n) is 4.08. The Kier molecular flexibility index (Phi) is 4.57.